The first-order valence-corrected chi connectivity index (χ1v) is 8.11. The number of rotatable bonds is 3. The van der Waals surface area contributed by atoms with Crippen LogP contribution in [0, 0.1) is 6.07 Å². The summed E-state index contributed by atoms with van der Waals surface area (Å²) in [7, 11) is -4.02. The molecule has 0 saturated heterocycles. The zero-order valence-corrected chi connectivity index (χ0v) is 12.7. The van der Waals surface area contributed by atoms with Crippen LogP contribution in [0.4, 0.5) is 13.2 Å². The summed E-state index contributed by atoms with van der Waals surface area (Å²) < 4.78 is 67.2. The molecule has 117 valence electrons. The van der Waals surface area contributed by atoms with Gasteiger partial charge < -0.3 is 4.74 Å². The highest BCUT2D eigenvalue weighted by molar-refractivity contribution is 7.90. The molecule has 0 amide bonds. The first-order chi connectivity index (χ1) is 10.1. The molecule has 0 aliphatic heterocycles. The Labute approximate surface area is 130 Å². The summed E-state index contributed by atoms with van der Waals surface area (Å²) in [6.45, 7) is 0. The largest absolute Gasteiger partial charge is 0.456 e. The molecule has 2 aromatic carbocycles. The molecule has 1 radical (unpaired) electrons. The Balaban J connectivity index is 2.51. The molecule has 8 heteroatoms. The van der Waals surface area contributed by atoms with Crippen LogP contribution in [-0.4, -0.2) is 14.7 Å². The summed E-state index contributed by atoms with van der Waals surface area (Å²) in [5.74, 6) is -0.0642. The molecule has 0 aliphatic carbocycles. The van der Waals surface area contributed by atoms with E-state index in [1.165, 1.54) is 18.2 Å². The topological polar surface area (TPSA) is 43.4 Å². The van der Waals surface area contributed by atoms with Gasteiger partial charge in [-0.25, -0.2) is 8.42 Å². The van der Waals surface area contributed by atoms with Gasteiger partial charge in [0.25, 0.3) is 0 Å². The van der Waals surface area contributed by atoms with Gasteiger partial charge >= 0.3 is 6.18 Å². The minimum absolute atomic E-state index is 0.115. The number of sulfone groups is 1. The molecule has 0 N–H and O–H groups in total. The second-order valence-electron chi connectivity index (χ2n) is 4.39. The van der Waals surface area contributed by atoms with Gasteiger partial charge in [0, 0.05) is 6.26 Å². The molecule has 0 bridgehead atoms. The van der Waals surface area contributed by atoms with Crippen LogP contribution in [0.2, 0.25) is 5.02 Å². The Kier molecular flexibility index (Phi) is 4.39. The summed E-state index contributed by atoms with van der Waals surface area (Å²) in [6, 6.07) is 9.63. The number of benzene rings is 2. The van der Waals surface area contributed by atoms with Gasteiger partial charge in [0.1, 0.15) is 11.5 Å². The fraction of sp³-hybridized carbons (Fsp3) is 0.143. The third-order valence-electron chi connectivity index (χ3n) is 2.66. The Morgan fingerprint density at radius 1 is 1.23 bits per heavy atom. The summed E-state index contributed by atoms with van der Waals surface area (Å²) in [5.41, 5.74) is -1.29. The smallest absolute Gasteiger partial charge is 0.417 e. The molecule has 0 heterocycles. The van der Waals surface area contributed by atoms with Crippen molar-refractivity contribution in [1.82, 2.24) is 0 Å². The second-order valence-corrected chi connectivity index (χ2v) is 6.78. The van der Waals surface area contributed by atoms with Crippen molar-refractivity contribution in [2.24, 2.45) is 0 Å². The van der Waals surface area contributed by atoms with Gasteiger partial charge in [-0.05, 0) is 36.4 Å². The van der Waals surface area contributed by atoms with Crippen LogP contribution in [0.3, 0.4) is 0 Å². The summed E-state index contributed by atoms with van der Waals surface area (Å²) in [5, 5.41) is 0.194. The molecule has 0 unspecified atom stereocenters. The van der Waals surface area contributed by atoms with Crippen LogP contribution in [0.1, 0.15) is 5.56 Å². The lowest BCUT2D eigenvalue weighted by molar-refractivity contribution is -0.140. The highest BCUT2D eigenvalue weighted by Gasteiger charge is 2.36. The molecular formula is C14H9ClF3O3S. The van der Waals surface area contributed by atoms with E-state index >= 15 is 0 Å². The van der Waals surface area contributed by atoms with E-state index < -0.39 is 26.5 Å². The predicted octanol–water partition coefficient (Wildman–Crippen LogP) is 4.35. The summed E-state index contributed by atoms with van der Waals surface area (Å²) in [6.07, 6.45) is -4.12. The molecule has 0 fully saturated rings. The van der Waals surface area contributed by atoms with Crippen molar-refractivity contribution in [3.05, 3.63) is 53.1 Å². The van der Waals surface area contributed by atoms with Crippen molar-refractivity contribution in [2.75, 3.05) is 6.26 Å². The van der Waals surface area contributed by atoms with Gasteiger partial charge in [-0.1, -0.05) is 17.7 Å². The van der Waals surface area contributed by atoms with Crippen molar-refractivity contribution >= 4 is 21.4 Å². The molecule has 0 aliphatic rings. The van der Waals surface area contributed by atoms with E-state index in [1.54, 1.807) is 0 Å². The quantitative estimate of drug-likeness (QED) is 0.827. The highest BCUT2D eigenvalue weighted by atomic mass is 35.5. The average molecular weight is 350 g/mol. The maximum absolute atomic E-state index is 13.0. The van der Waals surface area contributed by atoms with Crippen LogP contribution in [0.5, 0.6) is 11.5 Å². The third-order valence-corrected chi connectivity index (χ3v) is 4.13. The molecule has 0 aromatic heterocycles. The first kappa shape index (κ1) is 16.6. The van der Waals surface area contributed by atoms with E-state index in [4.69, 9.17) is 16.3 Å². The van der Waals surface area contributed by atoms with Gasteiger partial charge in [-0.3, -0.25) is 0 Å². The number of alkyl halides is 3. The minimum Gasteiger partial charge on any atom is -0.456 e. The summed E-state index contributed by atoms with van der Waals surface area (Å²) in [4.78, 5) is -0.807. The maximum Gasteiger partial charge on any atom is 0.417 e. The van der Waals surface area contributed by atoms with Crippen molar-refractivity contribution < 1.29 is 26.3 Å². The normalized spacial score (nSPS) is 12.2. The zero-order chi connectivity index (χ0) is 16.5. The molecule has 2 rings (SSSR count). The Morgan fingerprint density at radius 2 is 1.91 bits per heavy atom. The fourth-order valence-electron chi connectivity index (χ4n) is 1.72. The second kappa shape index (κ2) is 5.81. The van der Waals surface area contributed by atoms with E-state index in [0.29, 0.717) is 12.3 Å². The Hall–Kier alpha value is -1.73. The predicted molar refractivity (Wildman–Crippen MR) is 74.9 cm³/mol. The van der Waals surface area contributed by atoms with Gasteiger partial charge in [0.2, 0.25) is 0 Å². The third kappa shape index (κ3) is 3.72. The number of halogens is 4. The Bertz CT molecular complexity index is 801. The number of ether oxygens (including phenoxy) is 1. The SMILES string of the molecule is CS(=O)(=O)c1ccc(Oc2c[c]ccc2Cl)cc1C(F)(F)F. The molecule has 3 nitrogen and oxygen atoms in total. The van der Waals surface area contributed by atoms with Gasteiger partial charge in [0.05, 0.1) is 15.5 Å². The van der Waals surface area contributed by atoms with E-state index in [-0.39, 0.29) is 16.5 Å². The van der Waals surface area contributed by atoms with Crippen LogP contribution in [0.15, 0.2) is 41.3 Å². The molecule has 0 atom stereocenters. The monoisotopic (exact) mass is 349 g/mol. The van der Waals surface area contributed by atoms with Crippen LogP contribution < -0.4 is 4.74 Å². The maximum atomic E-state index is 13.0. The highest BCUT2D eigenvalue weighted by Crippen LogP contribution is 2.38. The van der Waals surface area contributed by atoms with Gasteiger partial charge in [-0.15, -0.1) is 0 Å². The minimum atomic E-state index is -4.83. The molecule has 2 aromatic rings. The van der Waals surface area contributed by atoms with Gasteiger partial charge in [0.15, 0.2) is 9.84 Å². The molecular weight excluding hydrogens is 341 g/mol. The van der Waals surface area contributed by atoms with E-state index in [9.17, 15) is 21.6 Å². The number of hydrogen-bond donors (Lipinski definition) is 0. The molecule has 22 heavy (non-hydrogen) atoms. The van der Waals surface area contributed by atoms with Crippen molar-refractivity contribution in [2.45, 2.75) is 11.1 Å². The lowest BCUT2D eigenvalue weighted by Crippen LogP contribution is -2.12. The van der Waals surface area contributed by atoms with Crippen molar-refractivity contribution in [1.29, 1.82) is 0 Å². The molecule has 0 spiro atoms. The zero-order valence-electron chi connectivity index (χ0n) is 11.1. The van der Waals surface area contributed by atoms with E-state index in [2.05, 4.69) is 6.07 Å². The average Bonchev–Trinajstić information content (AvgIpc) is 2.39. The van der Waals surface area contributed by atoms with Crippen molar-refractivity contribution in [3.63, 3.8) is 0 Å². The lowest BCUT2D eigenvalue weighted by Gasteiger charge is -2.14. The lowest BCUT2D eigenvalue weighted by atomic mass is 10.2. The van der Waals surface area contributed by atoms with Crippen LogP contribution >= 0.6 is 11.6 Å². The first-order valence-electron chi connectivity index (χ1n) is 5.84. The fourth-order valence-corrected chi connectivity index (χ4v) is 2.76. The van der Waals surface area contributed by atoms with Crippen LogP contribution in [0.25, 0.3) is 0 Å². The van der Waals surface area contributed by atoms with E-state index in [0.717, 1.165) is 12.1 Å². The van der Waals surface area contributed by atoms with E-state index in [1.807, 2.05) is 0 Å². The Morgan fingerprint density at radius 3 is 2.45 bits per heavy atom. The van der Waals surface area contributed by atoms with Crippen LogP contribution in [-0.2, 0) is 16.0 Å². The standard InChI is InChI=1S/C14H9ClF3O3S/c1-22(19,20)13-7-6-9(8-10(13)14(16,17)18)21-12-5-3-2-4-11(12)15/h2,4-8H,1H3. The van der Waals surface area contributed by atoms with Gasteiger partial charge in [-0.2, -0.15) is 13.2 Å². The molecule has 0 saturated carbocycles. The number of hydrogen-bond acceptors (Lipinski definition) is 3. The van der Waals surface area contributed by atoms with Crippen molar-refractivity contribution in [3.8, 4) is 11.5 Å². The summed E-state index contributed by atoms with van der Waals surface area (Å²) >= 11 is 5.84.